The van der Waals surface area contributed by atoms with E-state index in [1.54, 1.807) is 11.8 Å². The number of nitrogens with zero attached hydrogens (tertiary/aromatic N) is 2. The fourth-order valence-corrected chi connectivity index (χ4v) is 1.46. The van der Waals surface area contributed by atoms with Crippen molar-refractivity contribution >= 4 is 18.0 Å². The maximum Gasteiger partial charge on any atom is 0.114 e. The van der Waals surface area contributed by atoms with Crippen LogP contribution in [-0.4, -0.2) is 17.8 Å². The lowest BCUT2D eigenvalue weighted by Crippen LogP contribution is -2.11. The summed E-state index contributed by atoms with van der Waals surface area (Å²) in [6.45, 7) is 0.795. The number of hydrogen-bond donors (Lipinski definition) is 0. The standard InChI is InChI=1S/C6H6N2S/c1-2-9-4-6-3-7-5-8(1)6/h1-4H,5H2. The van der Waals surface area contributed by atoms with E-state index in [0.29, 0.717) is 0 Å². The summed E-state index contributed by atoms with van der Waals surface area (Å²) in [5, 5.41) is 4.15. The molecule has 9 heavy (non-hydrogen) atoms. The van der Waals surface area contributed by atoms with Crippen LogP contribution < -0.4 is 0 Å². The van der Waals surface area contributed by atoms with E-state index < -0.39 is 0 Å². The van der Waals surface area contributed by atoms with Gasteiger partial charge in [0.25, 0.3) is 0 Å². The molecule has 0 amide bonds. The summed E-state index contributed by atoms with van der Waals surface area (Å²) < 4.78 is 0. The zero-order valence-corrected chi connectivity index (χ0v) is 5.64. The Hall–Kier alpha value is -0.700. The largest absolute Gasteiger partial charge is 0.326 e. The van der Waals surface area contributed by atoms with Gasteiger partial charge in [0.15, 0.2) is 0 Å². The summed E-state index contributed by atoms with van der Waals surface area (Å²) in [6.07, 6.45) is 3.95. The smallest absolute Gasteiger partial charge is 0.114 e. The normalized spacial score (nSPS) is 22.2. The van der Waals surface area contributed by atoms with Crippen LogP contribution in [0.3, 0.4) is 0 Å². The molecule has 0 atom stereocenters. The van der Waals surface area contributed by atoms with Gasteiger partial charge in [0.2, 0.25) is 0 Å². The van der Waals surface area contributed by atoms with Crippen LogP contribution in [0.1, 0.15) is 0 Å². The third-order valence-corrected chi connectivity index (χ3v) is 1.95. The highest BCUT2D eigenvalue weighted by atomic mass is 32.2. The first-order chi connectivity index (χ1) is 4.47. The highest BCUT2D eigenvalue weighted by Crippen LogP contribution is 2.20. The molecule has 0 saturated heterocycles. The van der Waals surface area contributed by atoms with E-state index in [2.05, 4.69) is 20.7 Å². The zero-order chi connectivity index (χ0) is 6.10. The molecule has 0 bridgehead atoms. The second-order valence-corrected chi connectivity index (χ2v) is 2.67. The van der Waals surface area contributed by atoms with E-state index in [0.717, 1.165) is 6.67 Å². The van der Waals surface area contributed by atoms with Gasteiger partial charge in [-0.1, -0.05) is 0 Å². The van der Waals surface area contributed by atoms with Crippen molar-refractivity contribution in [2.75, 3.05) is 6.67 Å². The molecule has 0 spiro atoms. The van der Waals surface area contributed by atoms with Gasteiger partial charge in [0, 0.05) is 17.8 Å². The summed E-state index contributed by atoms with van der Waals surface area (Å²) in [4.78, 5) is 6.20. The lowest BCUT2D eigenvalue weighted by Gasteiger charge is -2.14. The second kappa shape index (κ2) is 1.92. The molecule has 0 aromatic heterocycles. The fourth-order valence-electron chi connectivity index (χ4n) is 0.827. The number of hydrogen-bond acceptors (Lipinski definition) is 3. The lowest BCUT2D eigenvalue weighted by molar-refractivity contribution is 0.531. The molecular formula is C6H6N2S. The fraction of sp³-hybridized carbons (Fsp3) is 0.167. The molecule has 0 N–H and O–H groups in total. The molecule has 2 nitrogen and oxygen atoms in total. The predicted molar refractivity (Wildman–Crippen MR) is 40.0 cm³/mol. The Balaban J connectivity index is 2.29. The molecule has 46 valence electrons. The molecule has 0 radical (unpaired) electrons. The molecule has 2 heterocycles. The van der Waals surface area contributed by atoms with Crippen molar-refractivity contribution in [2.45, 2.75) is 0 Å². The van der Waals surface area contributed by atoms with Gasteiger partial charge >= 0.3 is 0 Å². The van der Waals surface area contributed by atoms with Crippen LogP contribution in [-0.2, 0) is 0 Å². The van der Waals surface area contributed by atoms with Crippen LogP contribution in [0.15, 0.2) is 27.7 Å². The van der Waals surface area contributed by atoms with Gasteiger partial charge in [-0.3, -0.25) is 4.99 Å². The van der Waals surface area contributed by atoms with E-state index in [9.17, 15) is 0 Å². The molecule has 0 fully saturated rings. The van der Waals surface area contributed by atoms with Crippen LogP contribution in [0.2, 0.25) is 0 Å². The molecule has 3 heteroatoms. The minimum atomic E-state index is 0.795. The molecular weight excluding hydrogens is 132 g/mol. The Morgan fingerprint density at radius 1 is 1.67 bits per heavy atom. The van der Waals surface area contributed by atoms with Crippen LogP contribution in [0.25, 0.3) is 0 Å². The topological polar surface area (TPSA) is 15.6 Å². The molecule has 0 unspecified atom stereocenters. The molecule has 0 saturated carbocycles. The van der Waals surface area contributed by atoms with E-state index in [4.69, 9.17) is 0 Å². The monoisotopic (exact) mass is 138 g/mol. The Kier molecular flexibility index (Phi) is 1.09. The van der Waals surface area contributed by atoms with Crippen LogP contribution in [0.4, 0.5) is 0 Å². The molecule has 0 aromatic rings. The number of aliphatic imine (C=N–C) groups is 1. The van der Waals surface area contributed by atoms with Gasteiger partial charge in [0.05, 0.1) is 5.70 Å². The van der Waals surface area contributed by atoms with Gasteiger partial charge in [-0.2, -0.15) is 0 Å². The maximum atomic E-state index is 4.10. The average Bonchev–Trinajstić information content (AvgIpc) is 2.33. The summed E-state index contributed by atoms with van der Waals surface area (Å²) in [5.74, 6) is 0. The van der Waals surface area contributed by atoms with Gasteiger partial charge < -0.3 is 4.90 Å². The van der Waals surface area contributed by atoms with Crippen molar-refractivity contribution in [3.8, 4) is 0 Å². The molecule has 2 aliphatic rings. The first kappa shape index (κ1) is 5.11. The minimum Gasteiger partial charge on any atom is -0.326 e. The second-order valence-electron chi connectivity index (χ2n) is 1.89. The van der Waals surface area contributed by atoms with E-state index in [-0.39, 0.29) is 0 Å². The number of allylic oxidation sites excluding steroid dienone is 1. The average molecular weight is 138 g/mol. The van der Waals surface area contributed by atoms with Crippen LogP contribution >= 0.6 is 11.8 Å². The Labute approximate surface area is 58.0 Å². The lowest BCUT2D eigenvalue weighted by atomic mass is 10.5. The predicted octanol–water partition coefficient (Wildman–Crippen LogP) is 1.39. The number of rotatable bonds is 0. The summed E-state index contributed by atoms with van der Waals surface area (Å²) >= 11 is 1.70. The highest BCUT2D eigenvalue weighted by Gasteiger charge is 2.10. The van der Waals surface area contributed by atoms with E-state index >= 15 is 0 Å². The molecule has 2 aliphatic heterocycles. The highest BCUT2D eigenvalue weighted by molar-refractivity contribution is 8.05. The maximum absolute atomic E-state index is 4.10. The third kappa shape index (κ3) is 0.772. The van der Waals surface area contributed by atoms with Crippen LogP contribution in [0.5, 0.6) is 0 Å². The van der Waals surface area contributed by atoms with Crippen molar-refractivity contribution in [2.24, 2.45) is 4.99 Å². The molecule has 2 rings (SSSR count). The van der Waals surface area contributed by atoms with E-state index in [1.807, 2.05) is 12.4 Å². The van der Waals surface area contributed by atoms with Crippen molar-refractivity contribution in [3.63, 3.8) is 0 Å². The Morgan fingerprint density at radius 2 is 2.67 bits per heavy atom. The number of fused-ring (bicyclic) bond motifs is 1. The Bertz CT molecular complexity index is 205. The third-order valence-electron chi connectivity index (χ3n) is 1.30. The molecule has 0 aromatic carbocycles. The minimum absolute atomic E-state index is 0.795. The quantitative estimate of drug-likeness (QED) is 0.502. The first-order valence-electron chi connectivity index (χ1n) is 2.75. The van der Waals surface area contributed by atoms with Gasteiger partial charge in [-0.05, 0) is 5.41 Å². The van der Waals surface area contributed by atoms with Crippen molar-refractivity contribution in [3.05, 3.63) is 22.7 Å². The first-order valence-corrected chi connectivity index (χ1v) is 3.70. The van der Waals surface area contributed by atoms with Gasteiger partial charge in [-0.25, -0.2) is 0 Å². The molecule has 0 aliphatic carbocycles. The summed E-state index contributed by atoms with van der Waals surface area (Å²) in [6, 6.07) is 0. The van der Waals surface area contributed by atoms with Crippen molar-refractivity contribution in [1.29, 1.82) is 0 Å². The Morgan fingerprint density at radius 3 is 3.56 bits per heavy atom. The van der Waals surface area contributed by atoms with Crippen molar-refractivity contribution in [1.82, 2.24) is 4.90 Å². The zero-order valence-electron chi connectivity index (χ0n) is 4.82. The van der Waals surface area contributed by atoms with Crippen LogP contribution in [0, 0.1) is 0 Å². The van der Waals surface area contributed by atoms with Gasteiger partial charge in [0.1, 0.15) is 6.67 Å². The summed E-state index contributed by atoms with van der Waals surface area (Å²) in [7, 11) is 0. The van der Waals surface area contributed by atoms with Crippen molar-refractivity contribution < 1.29 is 0 Å². The number of thioether (sulfide) groups is 1. The SMILES string of the molecule is C1=CN2CN=CC2=CS1. The van der Waals surface area contributed by atoms with E-state index in [1.165, 1.54) is 5.70 Å². The van der Waals surface area contributed by atoms with Gasteiger partial charge in [-0.15, -0.1) is 11.8 Å². The summed E-state index contributed by atoms with van der Waals surface area (Å²) in [5.41, 5.74) is 1.21.